The summed E-state index contributed by atoms with van der Waals surface area (Å²) in [4.78, 5) is 9.70. The lowest BCUT2D eigenvalue weighted by Crippen LogP contribution is -1.89. The van der Waals surface area contributed by atoms with Crippen LogP contribution in [-0.2, 0) is 0 Å². The van der Waals surface area contributed by atoms with Gasteiger partial charge in [-0.25, -0.2) is 0 Å². The zero-order valence-electron chi connectivity index (χ0n) is 12.1. The van der Waals surface area contributed by atoms with Gasteiger partial charge in [0.1, 0.15) is 11.5 Å². The van der Waals surface area contributed by atoms with Crippen molar-refractivity contribution >= 4 is 27.9 Å². The molecule has 2 aromatic heterocycles. The number of ether oxygens (including phenoxy) is 1. The summed E-state index contributed by atoms with van der Waals surface area (Å²) >= 11 is 1.61. The maximum atomic E-state index is 5.97. The third-order valence-corrected chi connectivity index (χ3v) is 4.35. The quantitative estimate of drug-likeness (QED) is 0.554. The molecule has 0 fully saturated rings. The molecule has 4 rings (SSSR count). The zero-order chi connectivity index (χ0) is 15.6. The number of nitrogens with two attached hydrogens (primary N) is 1. The maximum absolute atomic E-state index is 5.97. The van der Waals surface area contributed by atoms with E-state index in [4.69, 9.17) is 10.5 Å². The van der Waals surface area contributed by atoms with Crippen LogP contribution in [0, 0.1) is 0 Å². The first-order chi connectivity index (χ1) is 11.3. The molecule has 4 aromatic rings. The molecule has 0 amide bonds. The highest BCUT2D eigenvalue weighted by Crippen LogP contribution is 2.32. The molecular formula is C18H13N3OS. The van der Waals surface area contributed by atoms with Crippen LogP contribution in [-0.4, -0.2) is 9.97 Å². The van der Waals surface area contributed by atoms with E-state index in [1.165, 1.54) is 0 Å². The molecule has 0 aliphatic rings. The fraction of sp³-hybridized carbons (Fsp3) is 0. The van der Waals surface area contributed by atoms with E-state index in [-0.39, 0.29) is 0 Å². The first-order valence-corrected chi connectivity index (χ1v) is 7.98. The van der Waals surface area contributed by atoms with Gasteiger partial charge in [0.05, 0.1) is 15.9 Å². The lowest BCUT2D eigenvalue weighted by Gasteiger charge is -2.09. The molecule has 0 spiro atoms. The van der Waals surface area contributed by atoms with Gasteiger partial charge in [-0.2, -0.15) is 0 Å². The van der Waals surface area contributed by atoms with Crippen molar-refractivity contribution in [1.29, 1.82) is 0 Å². The molecule has 0 aliphatic heterocycles. The van der Waals surface area contributed by atoms with E-state index in [2.05, 4.69) is 22.1 Å². The molecule has 2 heterocycles. The highest BCUT2D eigenvalue weighted by Gasteiger charge is 2.07. The molecular weight excluding hydrogens is 306 g/mol. The van der Waals surface area contributed by atoms with Crippen LogP contribution in [0.3, 0.4) is 0 Å². The van der Waals surface area contributed by atoms with Crippen LogP contribution < -0.4 is 10.5 Å². The van der Waals surface area contributed by atoms with Crippen molar-refractivity contribution in [1.82, 2.24) is 9.97 Å². The molecule has 0 aliphatic carbocycles. The fourth-order valence-corrected chi connectivity index (χ4v) is 3.01. The third-order valence-electron chi connectivity index (χ3n) is 3.53. The standard InChI is InChI=1S/C18H13N3OS/c19-13-2-4-14(5-3-13)22-17-7-8-21-16-9-12(1-6-15(16)17)18-10-20-11-23-18/h1-11H,19H2. The first kappa shape index (κ1) is 13.7. The summed E-state index contributed by atoms with van der Waals surface area (Å²) < 4.78 is 5.97. The molecule has 5 heteroatoms. The van der Waals surface area contributed by atoms with E-state index in [1.807, 2.05) is 48.1 Å². The summed E-state index contributed by atoms with van der Waals surface area (Å²) in [5, 5.41) is 0.970. The van der Waals surface area contributed by atoms with Crippen molar-refractivity contribution in [3.05, 3.63) is 66.4 Å². The topological polar surface area (TPSA) is 61.0 Å². The van der Waals surface area contributed by atoms with Gasteiger partial charge < -0.3 is 10.5 Å². The van der Waals surface area contributed by atoms with Gasteiger partial charge in [-0.1, -0.05) is 6.07 Å². The van der Waals surface area contributed by atoms with Crippen molar-refractivity contribution in [3.63, 3.8) is 0 Å². The summed E-state index contributed by atoms with van der Waals surface area (Å²) in [6.45, 7) is 0. The first-order valence-electron chi connectivity index (χ1n) is 7.11. The number of benzene rings is 2. The van der Waals surface area contributed by atoms with E-state index >= 15 is 0 Å². The van der Waals surface area contributed by atoms with Gasteiger partial charge in [0, 0.05) is 23.5 Å². The fourth-order valence-electron chi connectivity index (χ4n) is 2.39. The maximum Gasteiger partial charge on any atom is 0.138 e. The third kappa shape index (κ3) is 2.74. The Kier molecular flexibility index (Phi) is 3.40. The van der Waals surface area contributed by atoms with Gasteiger partial charge in [0.2, 0.25) is 0 Å². The second-order valence-corrected chi connectivity index (χ2v) is 5.96. The number of hydrogen-bond acceptors (Lipinski definition) is 5. The van der Waals surface area contributed by atoms with Crippen LogP contribution in [0.15, 0.2) is 66.4 Å². The zero-order valence-corrected chi connectivity index (χ0v) is 13.0. The average molecular weight is 319 g/mol. The Morgan fingerprint density at radius 3 is 2.65 bits per heavy atom. The molecule has 0 atom stereocenters. The Labute approximate surface area is 137 Å². The number of aromatic nitrogens is 2. The predicted octanol–water partition coefficient (Wildman–Crippen LogP) is 4.73. The number of thiazole rings is 1. The van der Waals surface area contributed by atoms with Crippen LogP contribution in [0.5, 0.6) is 11.5 Å². The lowest BCUT2D eigenvalue weighted by atomic mass is 10.1. The van der Waals surface area contributed by atoms with Crippen LogP contribution in [0.4, 0.5) is 5.69 Å². The van der Waals surface area contributed by atoms with E-state index in [9.17, 15) is 0 Å². The molecule has 0 radical (unpaired) electrons. The van der Waals surface area contributed by atoms with Gasteiger partial charge in [-0.15, -0.1) is 11.3 Å². The van der Waals surface area contributed by atoms with Crippen LogP contribution >= 0.6 is 11.3 Å². The van der Waals surface area contributed by atoms with E-state index in [1.54, 1.807) is 17.5 Å². The summed E-state index contributed by atoms with van der Waals surface area (Å²) in [7, 11) is 0. The van der Waals surface area contributed by atoms with Crippen molar-refractivity contribution < 1.29 is 4.74 Å². The molecule has 0 unspecified atom stereocenters. The number of nitrogen functional groups attached to an aromatic ring is 1. The minimum absolute atomic E-state index is 0.714. The van der Waals surface area contributed by atoms with Crippen LogP contribution in [0.2, 0.25) is 0 Å². The highest BCUT2D eigenvalue weighted by atomic mass is 32.1. The normalized spacial score (nSPS) is 10.8. The van der Waals surface area contributed by atoms with Gasteiger partial charge in [-0.05, 0) is 48.0 Å². The van der Waals surface area contributed by atoms with Crippen LogP contribution in [0.25, 0.3) is 21.3 Å². The molecule has 4 nitrogen and oxygen atoms in total. The minimum atomic E-state index is 0.714. The monoisotopic (exact) mass is 319 g/mol. The Morgan fingerprint density at radius 1 is 1.00 bits per heavy atom. The molecule has 23 heavy (non-hydrogen) atoms. The SMILES string of the molecule is Nc1ccc(Oc2ccnc3cc(-c4cncs4)ccc23)cc1. The second kappa shape index (κ2) is 5.70. The van der Waals surface area contributed by atoms with Gasteiger partial charge in [0.15, 0.2) is 0 Å². The van der Waals surface area contributed by atoms with E-state index in [0.29, 0.717) is 5.69 Å². The molecule has 112 valence electrons. The van der Waals surface area contributed by atoms with Crippen LogP contribution in [0.1, 0.15) is 0 Å². The molecule has 0 saturated heterocycles. The lowest BCUT2D eigenvalue weighted by molar-refractivity contribution is 0.488. The van der Waals surface area contributed by atoms with E-state index in [0.717, 1.165) is 32.8 Å². The Morgan fingerprint density at radius 2 is 1.87 bits per heavy atom. The number of fused-ring (bicyclic) bond motifs is 1. The smallest absolute Gasteiger partial charge is 0.138 e. The second-order valence-electron chi connectivity index (χ2n) is 5.08. The summed E-state index contributed by atoms with van der Waals surface area (Å²) in [5.74, 6) is 1.52. The highest BCUT2D eigenvalue weighted by molar-refractivity contribution is 7.13. The Balaban J connectivity index is 1.74. The number of anilines is 1. The van der Waals surface area contributed by atoms with Gasteiger partial charge >= 0.3 is 0 Å². The molecule has 0 bridgehead atoms. The van der Waals surface area contributed by atoms with Crippen molar-refractivity contribution in [2.24, 2.45) is 0 Å². The van der Waals surface area contributed by atoms with E-state index < -0.39 is 0 Å². The average Bonchev–Trinajstić information content (AvgIpc) is 3.11. The molecule has 2 aromatic carbocycles. The van der Waals surface area contributed by atoms with Crippen molar-refractivity contribution in [2.45, 2.75) is 0 Å². The Hall–Kier alpha value is -2.92. The Bertz CT molecular complexity index is 950. The van der Waals surface area contributed by atoms with Crippen molar-refractivity contribution in [2.75, 3.05) is 5.73 Å². The largest absolute Gasteiger partial charge is 0.457 e. The summed E-state index contributed by atoms with van der Waals surface area (Å²) in [5.41, 5.74) is 10.2. The number of nitrogens with zero attached hydrogens (tertiary/aromatic N) is 2. The molecule has 0 saturated carbocycles. The number of hydrogen-bond donors (Lipinski definition) is 1. The molecule has 2 N–H and O–H groups in total. The minimum Gasteiger partial charge on any atom is -0.457 e. The van der Waals surface area contributed by atoms with Gasteiger partial charge in [-0.3, -0.25) is 9.97 Å². The predicted molar refractivity (Wildman–Crippen MR) is 93.8 cm³/mol. The number of rotatable bonds is 3. The summed E-state index contributed by atoms with van der Waals surface area (Å²) in [6.07, 6.45) is 3.62. The van der Waals surface area contributed by atoms with Crippen molar-refractivity contribution in [3.8, 4) is 21.9 Å². The number of pyridine rings is 1. The van der Waals surface area contributed by atoms with Gasteiger partial charge in [0.25, 0.3) is 0 Å². The summed E-state index contributed by atoms with van der Waals surface area (Å²) in [6, 6.07) is 15.4.